The largest absolute Gasteiger partial charge is 0.479 e. The Labute approximate surface area is 74.5 Å². The number of hydrogen-bond acceptors (Lipinski definition) is 4. The minimum absolute atomic E-state index is 0.281. The Balaban J connectivity index is 2.65. The Morgan fingerprint density at radius 1 is 1.77 bits per heavy atom. The highest BCUT2D eigenvalue weighted by atomic mass is 16.5. The number of nitrogens with one attached hydrogen (secondary N) is 1. The molecule has 6 nitrogen and oxygen atoms in total. The molecule has 6 heteroatoms. The van der Waals surface area contributed by atoms with Crippen LogP contribution in [-0.2, 0) is 14.3 Å². The van der Waals surface area contributed by atoms with Crippen molar-refractivity contribution in [3.8, 4) is 0 Å². The van der Waals surface area contributed by atoms with E-state index in [4.69, 9.17) is 14.9 Å². The summed E-state index contributed by atoms with van der Waals surface area (Å²) in [5.41, 5.74) is 0. The lowest BCUT2D eigenvalue weighted by Gasteiger charge is -2.28. The van der Waals surface area contributed by atoms with Crippen LogP contribution in [0.2, 0.25) is 0 Å². The maximum absolute atomic E-state index is 11.0. The molecule has 1 saturated heterocycles. The summed E-state index contributed by atoms with van der Waals surface area (Å²) >= 11 is 0. The third-order valence-corrected chi connectivity index (χ3v) is 1.74. The molecule has 0 aromatic heterocycles. The molecule has 1 rings (SSSR count). The number of carbonyl (C=O) groups excluding carboxylic acids is 1. The van der Waals surface area contributed by atoms with Gasteiger partial charge in [-0.3, -0.25) is 4.79 Å². The van der Waals surface area contributed by atoms with Gasteiger partial charge in [-0.1, -0.05) is 0 Å². The molecule has 0 aliphatic carbocycles. The predicted molar refractivity (Wildman–Crippen MR) is 41.0 cm³/mol. The van der Waals surface area contributed by atoms with Gasteiger partial charge in [0.25, 0.3) is 5.91 Å². The number of rotatable bonds is 2. The van der Waals surface area contributed by atoms with Gasteiger partial charge in [-0.05, 0) is 6.92 Å². The zero-order chi connectivity index (χ0) is 10.0. The molecule has 0 aromatic carbocycles. The molecule has 1 unspecified atom stereocenters. The summed E-state index contributed by atoms with van der Waals surface area (Å²) in [4.78, 5) is 21.4. The zero-order valence-corrected chi connectivity index (χ0v) is 7.06. The fourth-order valence-electron chi connectivity index (χ4n) is 1.05. The van der Waals surface area contributed by atoms with Crippen LogP contribution in [0, 0.1) is 0 Å². The van der Waals surface area contributed by atoms with Crippen molar-refractivity contribution in [2.75, 3.05) is 6.54 Å². The van der Waals surface area contributed by atoms with Crippen molar-refractivity contribution < 1.29 is 24.5 Å². The van der Waals surface area contributed by atoms with E-state index in [1.54, 1.807) is 6.92 Å². The van der Waals surface area contributed by atoms with E-state index < -0.39 is 24.1 Å². The monoisotopic (exact) mass is 189 g/mol. The average Bonchev–Trinajstić information content (AvgIpc) is 2.08. The number of aliphatic hydroxyl groups is 1. The number of carbonyl (C=O) groups is 2. The normalized spacial score (nSPS) is 30.8. The van der Waals surface area contributed by atoms with Gasteiger partial charge in [0.1, 0.15) is 0 Å². The van der Waals surface area contributed by atoms with Crippen molar-refractivity contribution in [3.05, 3.63) is 0 Å². The standard InChI is InChI=1S/C7H11NO5/c1-3-2-8-6(10)5(13-3)4(9)7(11)12/h3-5,9H,2H2,1H3,(H,8,10)(H,11,12)/t3-,4?,5-/m1/s1. The van der Waals surface area contributed by atoms with Crippen LogP contribution in [0.25, 0.3) is 0 Å². The molecule has 0 aromatic rings. The second kappa shape index (κ2) is 3.71. The highest BCUT2D eigenvalue weighted by Gasteiger charge is 2.37. The number of carboxylic acid groups (broad SMARTS) is 1. The minimum Gasteiger partial charge on any atom is -0.479 e. The quantitative estimate of drug-likeness (QED) is 0.483. The lowest BCUT2D eigenvalue weighted by Crippen LogP contribution is -2.55. The van der Waals surface area contributed by atoms with Crippen molar-refractivity contribution in [3.63, 3.8) is 0 Å². The molecule has 0 spiro atoms. The summed E-state index contributed by atoms with van der Waals surface area (Å²) in [5, 5.41) is 19.9. The highest BCUT2D eigenvalue weighted by Crippen LogP contribution is 2.08. The molecular weight excluding hydrogens is 178 g/mol. The van der Waals surface area contributed by atoms with E-state index in [2.05, 4.69) is 5.32 Å². The van der Waals surface area contributed by atoms with Crippen LogP contribution >= 0.6 is 0 Å². The van der Waals surface area contributed by atoms with Crippen molar-refractivity contribution in [2.45, 2.75) is 25.2 Å². The van der Waals surface area contributed by atoms with Crippen LogP contribution in [0.5, 0.6) is 0 Å². The maximum Gasteiger partial charge on any atom is 0.335 e. The second-order valence-electron chi connectivity index (χ2n) is 2.90. The molecular formula is C7H11NO5. The van der Waals surface area contributed by atoms with Gasteiger partial charge in [0.15, 0.2) is 12.2 Å². The first-order chi connectivity index (χ1) is 6.02. The van der Waals surface area contributed by atoms with Gasteiger partial charge in [0.05, 0.1) is 6.10 Å². The lowest BCUT2D eigenvalue weighted by molar-refractivity contribution is -0.170. The number of ether oxygens (including phenoxy) is 1. The molecule has 1 amide bonds. The zero-order valence-electron chi connectivity index (χ0n) is 7.06. The number of hydrogen-bond donors (Lipinski definition) is 3. The fourth-order valence-corrected chi connectivity index (χ4v) is 1.05. The third-order valence-electron chi connectivity index (χ3n) is 1.74. The first-order valence-electron chi connectivity index (χ1n) is 3.86. The van der Waals surface area contributed by atoms with Crippen LogP contribution in [0.1, 0.15) is 6.92 Å². The second-order valence-corrected chi connectivity index (χ2v) is 2.90. The number of aliphatic carboxylic acids is 1. The van der Waals surface area contributed by atoms with Gasteiger partial charge in [0, 0.05) is 6.54 Å². The Morgan fingerprint density at radius 3 is 2.92 bits per heavy atom. The Morgan fingerprint density at radius 2 is 2.38 bits per heavy atom. The van der Waals surface area contributed by atoms with Crippen LogP contribution in [0.15, 0.2) is 0 Å². The molecule has 3 N–H and O–H groups in total. The van der Waals surface area contributed by atoms with Crippen molar-refractivity contribution in [2.24, 2.45) is 0 Å². The van der Waals surface area contributed by atoms with E-state index in [1.807, 2.05) is 0 Å². The smallest absolute Gasteiger partial charge is 0.335 e. The van der Waals surface area contributed by atoms with E-state index in [0.29, 0.717) is 6.54 Å². The number of carboxylic acids is 1. The minimum atomic E-state index is -1.80. The Hall–Kier alpha value is -1.14. The molecule has 1 heterocycles. The van der Waals surface area contributed by atoms with Gasteiger partial charge in [0.2, 0.25) is 0 Å². The molecule has 1 fully saturated rings. The molecule has 0 radical (unpaired) electrons. The van der Waals surface area contributed by atoms with Gasteiger partial charge < -0.3 is 20.3 Å². The fraction of sp³-hybridized carbons (Fsp3) is 0.714. The summed E-state index contributed by atoms with van der Waals surface area (Å²) in [6.45, 7) is 2.02. The SMILES string of the molecule is C[C@@H]1CNC(=O)[C@@H](C(O)C(=O)O)O1. The summed E-state index contributed by atoms with van der Waals surface area (Å²) in [5.74, 6) is -2.05. The van der Waals surface area contributed by atoms with E-state index >= 15 is 0 Å². The van der Waals surface area contributed by atoms with Gasteiger partial charge in [-0.25, -0.2) is 4.79 Å². The lowest BCUT2D eigenvalue weighted by atomic mass is 10.1. The predicted octanol–water partition coefficient (Wildman–Crippen LogP) is -1.66. The highest BCUT2D eigenvalue weighted by molar-refractivity contribution is 5.88. The van der Waals surface area contributed by atoms with E-state index in [1.165, 1.54) is 0 Å². The summed E-state index contributed by atoms with van der Waals surface area (Å²) < 4.78 is 4.98. The molecule has 74 valence electrons. The van der Waals surface area contributed by atoms with E-state index in [0.717, 1.165) is 0 Å². The Kier molecular flexibility index (Phi) is 2.84. The van der Waals surface area contributed by atoms with E-state index in [9.17, 15) is 9.59 Å². The van der Waals surface area contributed by atoms with Crippen LogP contribution in [-0.4, -0.2) is 46.9 Å². The average molecular weight is 189 g/mol. The molecule has 0 bridgehead atoms. The summed E-state index contributed by atoms with van der Waals surface area (Å²) in [6.07, 6.45) is -3.39. The summed E-state index contributed by atoms with van der Waals surface area (Å²) in [6, 6.07) is 0. The first kappa shape index (κ1) is 9.94. The Bertz CT molecular complexity index is 229. The van der Waals surface area contributed by atoms with Gasteiger partial charge in [-0.2, -0.15) is 0 Å². The first-order valence-corrected chi connectivity index (χ1v) is 3.86. The molecule has 13 heavy (non-hydrogen) atoms. The van der Waals surface area contributed by atoms with Crippen molar-refractivity contribution in [1.82, 2.24) is 5.32 Å². The van der Waals surface area contributed by atoms with E-state index in [-0.39, 0.29) is 6.10 Å². The van der Waals surface area contributed by atoms with Crippen LogP contribution < -0.4 is 5.32 Å². The van der Waals surface area contributed by atoms with Crippen LogP contribution in [0.4, 0.5) is 0 Å². The molecule has 0 saturated carbocycles. The van der Waals surface area contributed by atoms with Crippen LogP contribution in [0.3, 0.4) is 0 Å². The number of morpholine rings is 1. The number of amides is 1. The van der Waals surface area contributed by atoms with Gasteiger partial charge >= 0.3 is 5.97 Å². The molecule has 1 aliphatic heterocycles. The van der Waals surface area contributed by atoms with Crippen molar-refractivity contribution in [1.29, 1.82) is 0 Å². The van der Waals surface area contributed by atoms with Crippen molar-refractivity contribution >= 4 is 11.9 Å². The molecule has 1 aliphatic rings. The number of aliphatic hydroxyl groups excluding tert-OH is 1. The van der Waals surface area contributed by atoms with Gasteiger partial charge in [-0.15, -0.1) is 0 Å². The molecule has 3 atom stereocenters. The third kappa shape index (κ3) is 2.16. The topological polar surface area (TPSA) is 95.9 Å². The summed E-state index contributed by atoms with van der Waals surface area (Å²) in [7, 11) is 0. The maximum atomic E-state index is 11.0.